The van der Waals surface area contributed by atoms with Crippen LogP contribution in [0.1, 0.15) is 24.8 Å². The summed E-state index contributed by atoms with van der Waals surface area (Å²) in [5, 5.41) is 12.6. The van der Waals surface area contributed by atoms with Gasteiger partial charge in [-0.2, -0.15) is 9.65 Å². The Kier molecular flexibility index (Phi) is 8.16. The number of nitrogens with one attached hydrogen (secondary N) is 1. The molecule has 1 aromatic carbocycles. The van der Waals surface area contributed by atoms with Crippen LogP contribution >= 0.6 is 0 Å². The predicted octanol–water partition coefficient (Wildman–Crippen LogP) is 2.13. The quantitative estimate of drug-likeness (QED) is 0.223. The number of ether oxygens (including phenoxy) is 1. The molecule has 0 aliphatic carbocycles. The number of likely N-dealkylation sites (tertiary alicyclic amines) is 1. The molecule has 2 heterocycles. The monoisotopic (exact) mass is 465 g/mol. The van der Waals surface area contributed by atoms with E-state index in [2.05, 4.69) is 26.3 Å². The van der Waals surface area contributed by atoms with E-state index in [0.29, 0.717) is 12.8 Å². The smallest absolute Gasteiger partial charge is 0.253 e. The Morgan fingerprint density at radius 1 is 1.32 bits per heavy atom. The van der Waals surface area contributed by atoms with E-state index in [1.54, 1.807) is 7.11 Å². The first-order valence-electron chi connectivity index (χ1n) is 10.8. The van der Waals surface area contributed by atoms with Crippen LogP contribution in [0.15, 0.2) is 59.4 Å². The van der Waals surface area contributed by atoms with Crippen molar-refractivity contribution in [2.24, 2.45) is 16.5 Å². The van der Waals surface area contributed by atoms with Gasteiger partial charge in [0.15, 0.2) is 0 Å². The summed E-state index contributed by atoms with van der Waals surface area (Å²) >= 11 is 0. The number of aromatic nitrogens is 1. The van der Waals surface area contributed by atoms with Crippen molar-refractivity contribution in [1.29, 1.82) is 5.26 Å². The average Bonchev–Trinajstić information content (AvgIpc) is 2.81. The summed E-state index contributed by atoms with van der Waals surface area (Å²) in [5.74, 6) is -0.846. The number of hydrogen-bond acceptors (Lipinski definition) is 7. The van der Waals surface area contributed by atoms with Gasteiger partial charge in [0, 0.05) is 38.1 Å². The SMILES string of the molecule is COc1ccc(CN2CCC(CC#N)(N/C=C(/C(N)=O)C(N)=Nc3ccnc(F)c3)CC2)cc1. The Hall–Kier alpha value is -3.97. The van der Waals surface area contributed by atoms with E-state index in [0.717, 1.165) is 31.5 Å². The second-order valence-corrected chi connectivity index (χ2v) is 8.14. The van der Waals surface area contributed by atoms with Crippen molar-refractivity contribution >= 4 is 17.4 Å². The number of halogens is 1. The molecule has 0 spiro atoms. The molecule has 1 aliphatic rings. The van der Waals surface area contributed by atoms with Crippen molar-refractivity contribution in [2.75, 3.05) is 20.2 Å². The van der Waals surface area contributed by atoms with Crippen LogP contribution in [0.5, 0.6) is 5.75 Å². The van der Waals surface area contributed by atoms with Gasteiger partial charge in [0.25, 0.3) is 5.91 Å². The number of aliphatic imine (C=N–C) groups is 1. The molecule has 1 saturated heterocycles. The van der Waals surface area contributed by atoms with Crippen LogP contribution in [0.3, 0.4) is 0 Å². The number of amidine groups is 1. The Labute approximate surface area is 197 Å². The van der Waals surface area contributed by atoms with Gasteiger partial charge in [0.1, 0.15) is 11.6 Å². The molecule has 1 fully saturated rings. The summed E-state index contributed by atoms with van der Waals surface area (Å²) in [7, 11) is 1.64. The van der Waals surface area contributed by atoms with Gasteiger partial charge in [0.2, 0.25) is 5.95 Å². The lowest BCUT2D eigenvalue weighted by Crippen LogP contribution is -2.51. The van der Waals surface area contributed by atoms with E-state index in [1.807, 2.05) is 24.3 Å². The Morgan fingerprint density at radius 3 is 2.62 bits per heavy atom. The standard InChI is InChI=1S/C24H28FN7O2/c1-34-19-4-2-17(3-5-19)16-32-12-8-24(7-10-26,9-13-32)30-15-20(23(28)33)22(27)31-18-6-11-29-21(25)14-18/h2-6,11,14-15,30H,7-9,12-13,16H2,1H3,(H2,28,33)(H2,27,29,31)/b20-15+. The summed E-state index contributed by atoms with van der Waals surface area (Å²) < 4.78 is 18.5. The van der Waals surface area contributed by atoms with Crippen molar-refractivity contribution in [3.63, 3.8) is 0 Å². The van der Waals surface area contributed by atoms with Crippen molar-refractivity contribution in [3.05, 3.63) is 65.9 Å². The molecule has 1 aliphatic heterocycles. The number of carbonyl (C=O) groups is 1. The van der Waals surface area contributed by atoms with Gasteiger partial charge in [-0.1, -0.05) is 12.1 Å². The van der Waals surface area contributed by atoms with E-state index < -0.39 is 17.4 Å². The number of pyridine rings is 1. The van der Waals surface area contributed by atoms with Gasteiger partial charge in [0.05, 0.1) is 36.4 Å². The summed E-state index contributed by atoms with van der Waals surface area (Å²) in [4.78, 5) is 21.9. The highest BCUT2D eigenvalue weighted by atomic mass is 19.1. The van der Waals surface area contributed by atoms with E-state index in [1.165, 1.54) is 24.0 Å². The van der Waals surface area contributed by atoms with Crippen molar-refractivity contribution in [1.82, 2.24) is 15.2 Å². The van der Waals surface area contributed by atoms with Gasteiger partial charge < -0.3 is 21.5 Å². The number of benzene rings is 1. The first kappa shape index (κ1) is 24.7. The molecule has 1 aromatic heterocycles. The minimum absolute atomic E-state index is 0.0461. The number of amides is 1. The number of hydrogen-bond donors (Lipinski definition) is 3. The number of methoxy groups -OCH3 is 1. The average molecular weight is 466 g/mol. The van der Waals surface area contributed by atoms with E-state index >= 15 is 0 Å². The van der Waals surface area contributed by atoms with Gasteiger partial charge in [-0.25, -0.2) is 9.98 Å². The molecule has 0 bridgehead atoms. The van der Waals surface area contributed by atoms with E-state index in [-0.39, 0.29) is 23.5 Å². The molecule has 0 unspecified atom stereocenters. The molecular formula is C24H28FN7O2. The molecule has 2 aromatic rings. The Balaban J connectivity index is 1.70. The zero-order chi connectivity index (χ0) is 24.6. The number of primary amides is 1. The molecule has 9 nitrogen and oxygen atoms in total. The lowest BCUT2D eigenvalue weighted by molar-refractivity contribution is -0.114. The maximum absolute atomic E-state index is 13.3. The van der Waals surface area contributed by atoms with Crippen LogP contribution in [0.25, 0.3) is 0 Å². The summed E-state index contributed by atoms with van der Waals surface area (Å²) in [6.45, 7) is 2.32. The van der Waals surface area contributed by atoms with Crippen LogP contribution in [-0.2, 0) is 11.3 Å². The van der Waals surface area contributed by atoms with Gasteiger partial charge >= 0.3 is 0 Å². The van der Waals surface area contributed by atoms with Crippen LogP contribution in [0.4, 0.5) is 10.1 Å². The third-order valence-corrected chi connectivity index (χ3v) is 5.82. The molecule has 34 heavy (non-hydrogen) atoms. The largest absolute Gasteiger partial charge is 0.497 e. The molecule has 10 heteroatoms. The highest BCUT2D eigenvalue weighted by Crippen LogP contribution is 2.27. The maximum Gasteiger partial charge on any atom is 0.253 e. The molecule has 0 radical (unpaired) electrons. The van der Waals surface area contributed by atoms with Crippen LogP contribution in [0, 0.1) is 17.3 Å². The first-order valence-corrected chi connectivity index (χ1v) is 10.8. The van der Waals surface area contributed by atoms with E-state index in [4.69, 9.17) is 16.2 Å². The topological polar surface area (TPSA) is 143 Å². The molecule has 0 atom stereocenters. The first-order chi connectivity index (χ1) is 16.3. The Bertz CT molecular complexity index is 1100. The van der Waals surface area contributed by atoms with Gasteiger partial charge in [-0.15, -0.1) is 0 Å². The molecule has 178 valence electrons. The fraction of sp³-hybridized carbons (Fsp3) is 0.333. The minimum atomic E-state index is -0.785. The fourth-order valence-corrected chi connectivity index (χ4v) is 3.81. The van der Waals surface area contributed by atoms with Crippen molar-refractivity contribution in [2.45, 2.75) is 31.3 Å². The Morgan fingerprint density at radius 2 is 2.03 bits per heavy atom. The zero-order valence-electron chi connectivity index (χ0n) is 19.0. The number of carbonyl (C=O) groups excluding carboxylic acids is 1. The molecule has 3 rings (SSSR count). The fourth-order valence-electron chi connectivity index (χ4n) is 3.81. The minimum Gasteiger partial charge on any atom is -0.497 e. The normalized spacial score (nSPS) is 16.5. The molecule has 5 N–H and O–H groups in total. The van der Waals surface area contributed by atoms with Gasteiger partial charge in [-0.3, -0.25) is 9.69 Å². The third-order valence-electron chi connectivity index (χ3n) is 5.82. The van der Waals surface area contributed by atoms with Crippen molar-refractivity contribution < 1.29 is 13.9 Å². The number of nitrogens with two attached hydrogens (primary N) is 2. The highest BCUT2D eigenvalue weighted by molar-refractivity contribution is 6.20. The molecular weight excluding hydrogens is 437 g/mol. The van der Waals surface area contributed by atoms with E-state index in [9.17, 15) is 14.4 Å². The third kappa shape index (κ3) is 6.52. The van der Waals surface area contributed by atoms with Crippen LogP contribution in [-0.4, -0.2) is 47.4 Å². The molecule has 0 saturated carbocycles. The zero-order valence-corrected chi connectivity index (χ0v) is 19.0. The second-order valence-electron chi connectivity index (χ2n) is 8.14. The van der Waals surface area contributed by atoms with Gasteiger partial charge in [-0.05, 0) is 36.6 Å². The number of nitrogens with zero attached hydrogens (tertiary/aromatic N) is 4. The highest BCUT2D eigenvalue weighted by Gasteiger charge is 2.34. The summed E-state index contributed by atoms with van der Waals surface area (Å²) in [6.07, 6.45) is 4.28. The lowest BCUT2D eigenvalue weighted by atomic mass is 9.84. The van der Waals surface area contributed by atoms with Crippen LogP contribution < -0.4 is 21.5 Å². The second kappa shape index (κ2) is 11.2. The number of piperidine rings is 1. The van der Waals surface area contributed by atoms with Crippen LogP contribution in [0.2, 0.25) is 0 Å². The molecule has 1 amide bonds. The number of nitriles is 1. The predicted molar refractivity (Wildman–Crippen MR) is 126 cm³/mol. The summed E-state index contributed by atoms with van der Waals surface area (Å²) in [5.41, 5.74) is 12.3. The summed E-state index contributed by atoms with van der Waals surface area (Å²) in [6, 6.07) is 12.7. The lowest BCUT2D eigenvalue weighted by Gasteiger charge is -2.41. The van der Waals surface area contributed by atoms with Crippen molar-refractivity contribution in [3.8, 4) is 11.8 Å². The maximum atomic E-state index is 13.3. The number of rotatable bonds is 9.